The number of esters is 6. The molecule has 0 amide bonds. The van der Waals surface area contributed by atoms with Crippen LogP contribution in [0.4, 0.5) is 0 Å². The van der Waals surface area contributed by atoms with Gasteiger partial charge in [0, 0.05) is 17.7 Å². The highest BCUT2D eigenvalue weighted by Crippen LogP contribution is 2.45. The number of fused-ring (bicyclic) bond motifs is 3. The van der Waals surface area contributed by atoms with E-state index in [1.165, 1.54) is 0 Å². The van der Waals surface area contributed by atoms with Crippen LogP contribution in [-0.4, -0.2) is 62.2 Å². The Morgan fingerprint density at radius 2 is 0.793 bits per heavy atom. The van der Waals surface area contributed by atoms with Crippen molar-refractivity contribution in [1.29, 1.82) is 0 Å². The van der Waals surface area contributed by atoms with Crippen molar-refractivity contribution in [1.82, 2.24) is 0 Å². The number of nitrogens with zero attached hydrogens (tertiary/aromatic N) is 2. The number of unbranched alkanes of at least 4 members (excludes halogenated alkanes) is 6. The molecular weight excluding hydrogens is 1040 g/mol. The normalized spacial score (nSPS) is 17.3. The molecule has 3 aliphatic rings. The summed E-state index contributed by atoms with van der Waals surface area (Å²) in [7, 11) is 0. The Morgan fingerprint density at radius 1 is 0.427 bits per heavy atom. The van der Waals surface area contributed by atoms with E-state index in [4.69, 9.17) is 43.0 Å². The number of ether oxygens (including phenoxy) is 8. The highest BCUT2D eigenvalue weighted by molar-refractivity contribution is 5.82. The first kappa shape index (κ1) is 59.7. The van der Waals surface area contributed by atoms with Gasteiger partial charge in [-0.15, -0.1) is 0 Å². The third-order valence-corrected chi connectivity index (χ3v) is 15.0. The molecule has 0 atom stereocenters. The lowest BCUT2D eigenvalue weighted by Gasteiger charge is -2.26. The Hall–Kier alpha value is -8.40. The highest BCUT2D eigenvalue weighted by Gasteiger charge is 2.35. The predicted octanol–water partition coefficient (Wildman–Crippen LogP) is 13.4. The average molecular weight is 1120 g/mol. The van der Waals surface area contributed by atoms with Crippen LogP contribution < -0.4 is 28.4 Å². The standard InChI is InChI=1S/C66H72N2O14/c1-3-60(69)77-41-15-7-5-13-39-75-50-29-33-52(34-30-50)79-63(71)45-21-23-47(24-22-45)65(73)81-54-37-38-59(49(43-54)44-67-68-62-57-19-11-9-17-55(57)56-18-10-12-20-58(56)62)82-66(74)48-27-25-46(26-28-48)64(72)80-53-35-31-51(32-36-53)76-40-14-6-8-16-42-78-61(70)4-2/h3-4,9-12,17-20,29-38,43,45-48,62H,1-2,5-8,13-16,21-28,39-42,44H2. The van der Waals surface area contributed by atoms with Gasteiger partial charge >= 0.3 is 35.8 Å². The van der Waals surface area contributed by atoms with E-state index in [1.54, 1.807) is 66.7 Å². The lowest BCUT2D eigenvalue weighted by molar-refractivity contribution is -0.145. The Bertz CT molecular complexity index is 2960. The molecule has 16 heteroatoms. The fourth-order valence-corrected chi connectivity index (χ4v) is 10.4. The van der Waals surface area contributed by atoms with Crippen LogP contribution in [0.25, 0.3) is 11.1 Å². The monoisotopic (exact) mass is 1120 g/mol. The second-order valence-electron chi connectivity index (χ2n) is 20.8. The van der Waals surface area contributed by atoms with Gasteiger partial charge in [0.1, 0.15) is 40.5 Å². The van der Waals surface area contributed by atoms with Crippen molar-refractivity contribution in [2.45, 2.75) is 115 Å². The van der Waals surface area contributed by atoms with Gasteiger partial charge in [-0.05, 0) is 192 Å². The Balaban J connectivity index is 0.809. The molecule has 0 spiro atoms. The van der Waals surface area contributed by atoms with Crippen molar-refractivity contribution < 1.29 is 66.7 Å². The van der Waals surface area contributed by atoms with Gasteiger partial charge in [-0.2, -0.15) is 10.2 Å². The largest absolute Gasteiger partial charge is 0.494 e. The summed E-state index contributed by atoms with van der Waals surface area (Å²) in [6, 6.07) is 34.6. The summed E-state index contributed by atoms with van der Waals surface area (Å²) in [5.74, 6) is -1.35. The highest BCUT2D eigenvalue weighted by atomic mass is 16.6. The van der Waals surface area contributed by atoms with Crippen LogP contribution in [0, 0.1) is 23.7 Å². The number of carbonyl (C=O) groups excluding carboxylic acids is 6. The van der Waals surface area contributed by atoms with Gasteiger partial charge in [0.25, 0.3) is 0 Å². The topological polar surface area (TPSA) is 201 Å². The molecule has 0 heterocycles. The molecule has 5 aromatic rings. The Morgan fingerprint density at radius 3 is 1.22 bits per heavy atom. The lowest BCUT2D eigenvalue weighted by atomic mass is 9.82. The summed E-state index contributed by atoms with van der Waals surface area (Å²) in [6.07, 6.45) is 12.8. The molecule has 0 aliphatic heterocycles. The first-order chi connectivity index (χ1) is 40.0. The van der Waals surface area contributed by atoms with Crippen molar-refractivity contribution in [2.75, 3.05) is 26.4 Å². The summed E-state index contributed by atoms with van der Waals surface area (Å²) in [5, 5.41) is 9.47. The third kappa shape index (κ3) is 17.6. The molecule has 0 bridgehead atoms. The van der Waals surface area contributed by atoms with E-state index < -0.39 is 35.7 Å². The van der Waals surface area contributed by atoms with Gasteiger partial charge in [0.05, 0.1) is 56.6 Å². The molecule has 16 nitrogen and oxygen atoms in total. The van der Waals surface area contributed by atoms with E-state index >= 15 is 0 Å². The molecule has 2 fully saturated rings. The van der Waals surface area contributed by atoms with Crippen LogP contribution in [0.1, 0.15) is 125 Å². The number of hydrogen-bond donors (Lipinski definition) is 0. The van der Waals surface area contributed by atoms with Crippen molar-refractivity contribution >= 4 is 35.8 Å². The molecular formula is C66H72N2O14. The maximum Gasteiger partial charge on any atom is 0.330 e. The minimum atomic E-state index is -0.455. The SMILES string of the molecule is C=CC(=O)OCCCCCCOc1ccc(OC(=O)C2CCC(C(=O)Oc3ccc(OC(=O)C4CCC(C(=O)Oc5ccc(OCCCCCCOC(=O)C=C)cc5)CC4)c(CN=NC4c5ccccc5-c5ccccc54)c3)CC2)cc1. The zero-order valence-electron chi connectivity index (χ0n) is 46.4. The van der Waals surface area contributed by atoms with E-state index in [2.05, 4.69) is 30.4 Å². The van der Waals surface area contributed by atoms with Crippen molar-refractivity contribution in [3.63, 3.8) is 0 Å². The second-order valence-corrected chi connectivity index (χ2v) is 20.8. The molecule has 0 aromatic heterocycles. The van der Waals surface area contributed by atoms with E-state index in [1.807, 2.05) is 36.4 Å². The van der Waals surface area contributed by atoms with E-state index in [-0.39, 0.29) is 47.9 Å². The van der Waals surface area contributed by atoms with Crippen molar-refractivity contribution in [3.8, 4) is 45.6 Å². The van der Waals surface area contributed by atoms with Gasteiger partial charge in [-0.25, -0.2) is 9.59 Å². The summed E-state index contributed by atoms with van der Waals surface area (Å²) < 4.78 is 45.2. The van der Waals surface area contributed by atoms with Crippen molar-refractivity contribution in [3.05, 3.63) is 157 Å². The number of azo groups is 1. The zero-order valence-corrected chi connectivity index (χ0v) is 46.4. The predicted molar refractivity (Wildman–Crippen MR) is 305 cm³/mol. The van der Waals surface area contributed by atoms with Crippen LogP contribution in [0.3, 0.4) is 0 Å². The summed E-state index contributed by atoms with van der Waals surface area (Å²) in [5.41, 5.74) is 4.77. The quantitative estimate of drug-likeness (QED) is 0.0144. The fourth-order valence-electron chi connectivity index (χ4n) is 10.4. The van der Waals surface area contributed by atoms with Gasteiger partial charge in [0.15, 0.2) is 0 Å². The summed E-state index contributed by atoms with van der Waals surface area (Å²) >= 11 is 0. The summed E-state index contributed by atoms with van der Waals surface area (Å²) in [4.78, 5) is 76.3. The molecule has 0 saturated heterocycles. The van der Waals surface area contributed by atoms with E-state index in [0.717, 1.165) is 85.8 Å². The van der Waals surface area contributed by atoms with Crippen LogP contribution in [0.15, 0.2) is 151 Å². The Labute approximate surface area is 479 Å². The van der Waals surface area contributed by atoms with Gasteiger partial charge < -0.3 is 37.9 Å². The molecule has 5 aromatic carbocycles. The van der Waals surface area contributed by atoms with E-state index in [9.17, 15) is 28.8 Å². The number of rotatable bonds is 29. The fraction of sp³-hybridized carbons (Fsp3) is 0.394. The minimum Gasteiger partial charge on any atom is -0.494 e. The van der Waals surface area contributed by atoms with Gasteiger partial charge in [-0.1, -0.05) is 61.7 Å². The Kier molecular flexibility index (Phi) is 22.6. The lowest BCUT2D eigenvalue weighted by Crippen LogP contribution is -2.30. The van der Waals surface area contributed by atoms with Crippen LogP contribution in [-0.2, 0) is 44.8 Å². The molecule has 0 radical (unpaired) electrons. The molecule has 2 saturated carbocycles. The summed E-state index contributed by atoms with van der Waals surface area (Å²) in [6.45, 7) is 8.61. The molecule has 8 rings (SSSR count). The van der Waals surface area contributed by atoms with Crippen LogP contribution in [0.2, 0.25) is 0 Å². The number of carbonyl (C=O) groups is 6. The molecule has 0 unspecified atom stereocenters. The van der Waals surface area contributed by atoms with Crippen LogP contribution >= 0.6 is 0 Å². The molecule has 430 valence electrons. The number of hydrogen-bond acceptors (Lipinski definition) is 16. The molecule has 82 heavy (non-hydrogen) atoms. The molecule has 0 N–H and O–H groups in total. The first-order valence-electron chi connectivity index (χ1n) is 28.6. The first-order valence-corrected chi connectivity index (χ1v) is 28.6. The number of benzene rings is 5. The second kappa shape index (κ2) is 31.0. The van der Waals surface area contributed by atoms with E-state index in [0.29, 0.717) is 106 Å². The zero-order chi connectivity index (χ0) is 57.5. The maximum absolute atomic E-state index is 13.9. The maximum atomic E-state index is 13.9. The third-order valence-electron chi connectivity index (χ3n) is 15.0. The average Bonchev–Trinajstić information content (AvgIpc) is 4.01. The van der Waals surface area contributed by atoms with Gasteiger partial charge in [-0.3, -0.25) is 19.2 Å². The van der Waals surface area contributed by atoms with Crippen LogP contribution in [0.5, 0.6) is 34.5 Å². The molecule has 3 aliphatic carbocycles. The smallest absolute Gasteiger partial charge is 0.330 e. The minimum absolute atomic E-state index is 0.0285. The van der Waals surface area contributed by atoms with Gasteiger partial charge in [0.2, 0.25) is 0 Å². The van der Waals surface area contributed by atoms with Crippen molar-refractivity contribution in [2.24, 2.45) is 33.9 Å².